The van der Waals surface area contributed by atoms with E-state index in [-0.39, 0.29) is 5.41 Å². The van der Waals surface area contributed by atoms with E-state index in [1.807, 2.05) is 26.1 Å². The highest BCUT2D eigenvalue weighted by atomic mass is 14.9. The number of pyridine rings is 1. The summed E-state index contributed by atoms with van der Waals surface area (Å²) in [4.78, 5) is 4.38. The van der Waals surface area contributed by atoms with Crippen molar-refractivity contribution in [1.29, 1.82) is 5.26 Å². The Morgan fingerprint density at radius 2 is 2.24 bits per heavy atom. The van der Waals surface area contributed by atoms with E-state index in [0.717, 1.165) is 31.6 Å². The number of rotatable bonds is 6. The van der Waals surface area contributed by atoms with Crippen molar-refractivity contribution in [2.75, 3.05) is 6.54 Å². The van der Waals surface area contributed by atoms with E-state index in [1.165, 1.54) is 5.56 Å². The summed E-state index contributed by atoms with van der Waals surface area (Å²) < 4.78 is 0. The minimum absolute atomic E-state index is 0.245. The second-order valence-electron chi connectivity index (χ2n) is 4.89. The highest BCUT2D eigenvalue weighted by Gasteiger charge is 2.15. The molecule has 17 heavy (non-hydrogen) atoms. The summed E-state index contributed by atoms with van der Waals surface area (Å²) in [6, 6.07) is 6.39. The standard InChI is InChI=1S/C14H21N3/c1-4-12-6-5-8-17-13(12)10-16-9-7-14(2,3)11-15/h5-6,8,16H,4,7,9-10H2,1-3H3. The van der Waals surface area contributed by atoms with Gasteiger partial charge in [0.05, 0.1) is 17.2 Å². The lowest BCUT2D eigenvalue weighted by Gasteiger charge is -2.15. The van der Waals surface area contributed by atoms with Crippen molar-refractivity contribution in [2.45, 2.75) is 40.2 Å². The number of nitrogens with one attached hydrogen (secondary N) is 1. The number of nitriles is 1. The number of hydrogen-bond acceptors (Lipinski definition) is 3. The van der Waals surface area contributed by atoms with Crippen LogP contribution >= 0.6 is 0 Å². The molecule has 3 heteroatoms. The van der Waals surface area contributed by atoms with Gasteiger partial charge in [0.25, 0.3) is 0 Å². The molecule has 1 heterocycles. The first-order chi connectivity index (χ1) is 8.09. The fourth-order valence-corrected chi connectivity index (χ4v) is 1.62. The molecule has 1 aromatic rings. The maximum Gasteiger partial charge on any atom is 0.0684 e. The Hall–Kier alpha value is -1.40. The topological polar surface area (TPSA) is 48.7 Å². The van der Waals surface area contributed by atoms with Gasteiger partial charge in [-0.3, -0.25) is 4.98 Å². The summed E-state index contributed by atoms with van der Waals surface area (Å²) in [6.07, 6.45) is 3.70. The second kappa shape index (κ2) is 6.36. The van der Waals surface area contributed by atoms with Crippen LogP contribution in [0.2, 0.25) is 0 Å². The molecule has 0 fully saturated rings. The highest BCUT2D eigenvalue weighted by Crippen LogP contribution is 2.17. The smallest absolute Gasteiger partial charge is 0.0684 e. The predicted octanol–water partition coefficient (Wildman–Crippen LogP) is 2.67. The normalized spacial score (nSPS) is 11.2. The molecule has 3 nitrogen and oxygen atoms in total. The SMILES string of the molecule is CCc1cccnc1CNCCC(C)(C)C#N. The zero-order valence-corrected chi connectivity index (χ0v) is 11.0. The lowest BCUT2D eigenvalue weighted by atomic mass is 9.91. The van der Waals surface area contributed by atoms with Crippen LogP contribution < -0.4 is 5.32 Å². The minimum Gasteiger partial charge on any atom is -0.311 e. The van der Waals surface area contributed by atoms with Crippen molar-refractivity contribution in [3.8, 4) is 6.07 Å². The van der Waals surface area contributed by atoms with Crippen molar-refractivity contribution in [3.63, 3.8) is 0 Å². The van der Waals surface area contributed by atoms with Crippen molar-refractivity contribution in [2.24, 2.45) is 5.41 Å². The maximum atomic E-state index is 8.90. The molecule has 0 aromatic carbocycles. The van der Waals surface area contributed by atoms with E-state index in [1.54, 1.807) is 0 Å². The van der Waals surface area contributed by atoms with Crippen LogP contribution in [0.1, 0.15) is 38.4 Å². The summed E-state index contributed by atoms with van der Waals surface area (Å²) in [5.41, 5.74) is 2.16. The molecule has 0 bridgehead atoms. The van der Waals surface area contributed by atoms with Crippen LogP contribution in [0.5, 0.6) is 0 Å². The number of aromatic nitrogens is 1. The molecule has 0 saturated carbocycles. The van der Waals surface area contributed by atoms with Crippen molar-refractivity contribution in [1.82, 2.24) is 10.3 Å². The van der Waals surface area contributed by atoms with Crippen molar-refractivity contribution < 1.29 is 0 Å². The fourth-order valence-electron chi connectivity index (χ4n) is 1.62. The lowest BCUT2D eigenvalue weighted by Crippen LogP contribution is -2.22. The fraction of sp³-hybridized carbons (Fsp3) is 0.571. The van der Waals surface area contributed by atoms with Gasteiger partial charge in [-0.15, -0.1) is 0 Å². The quantitative estimate of drug-likeness (QED) is 0.766. The molecular formula is C14H21N3. The minimum atomic E-state index is -0.245. The molecule has 0 amide bonds. The lowest BCUT2D eigenvalue weighted by molar-refractivity contribution is 0.431. The van der Waals surface area contributed by atoms with Crippen LogP contribution in [-0.4, -0.2) is 11.5 Å². The Morgan fingerprint density at radius 1 is 1.47 bits per heavy atom. The van der Waals surface area contributed by atoms with E-state index in [2.05, 4.69) is 29.4 Å². The van der Waals surface area contributed by atoms with Crippen LogP contribution in [0.15, 0.2) is 18.3 Å². The van der Waals surface area contributed by atoms with Gasteiger partial charge in [-0.2, -0.15) is 5.26 Å². The highest BCUT2D eigenvalue weighted by molar-refractivity contribution is 5.19. The molecule has 0 aliphatic heterocycles. The van der Waals surface area contributed by atoms with Gasteiger partial charge in [0.1, 0.15) is 0 Å². The van der Waals surface area contributed by atoms with Crippen LogP contribution in [0.3, 0.4) is 0 Å². The molecule has 1 aromatic heterocycles. The zero-order chi connectivity index (χ0) is 12.7. The second-order valence-corrected chi connectivity index (χ2v) is 4.89. The van der Waals surface area contributed by atoms with Gasteiger partial charge >= 0.3 is 0 Å². The van der Waals surface area contributed by atoms with Crippen molar-refractivity contribution >= 4 is 0 Å². The van der Waals surface area contributed by atoms with Gasteiger partial charge in [-0.1, -0.05) is 13.0 Å². The van der Waals surface area contributed by atoms with E-state index in [0.29, 0.717) is 0 Å². The monoisotopic (exact) mass is 231 g/mol. The molecule has 0 saturated heterocycles. The van der Waals surface area contributed by atoms with Gasteiger partial charge in [-0.05, 0) is 44.9 Å². The first-order valence-electron chi connectivity index (χ1n) is 6.14. The average molecular weight is 231 g/mol. The first kappa shape index (κ1) is 13.7. The molecule has 1 rings (SSSR count). The van der Waals surface area contributed by atoms with Gasteiger partial charge < -0.3 is 5.32 Å². The summed E-state index contributed by atoms with van der Waals surface area (Å²) in [6.45, 7) is 7.70. The largest absolute Gasteiger partial charge is 0.311 e. The Bertz CT molecular complexity index is 391. The zero-order valence-electron chi connectivity index (χ0n) is 11.0. The number of aryl methyl sites for hydroxylation is 1. The maximum absolute atomic E-state index is 8.90. The Labute approximate surface area is 104 Å². The molecule has 0 radical (unpaired) electrons. The van der Waals surface area contributed by atoms with Crippen LogP contribution in [0.25, 0.3) is 0 Å². The number of hydrogen-bond donors (Lipinski definition) is 1. The molecule has 0 spiro atoms. The molecule has 0 unspecified atom stereocenters. The van der Waals surface area contributed by atoms with Crippen LogP contribution in [0.4, 0.5) is 0 Å². The van der Waals surface area contributed by atoms with Crippen molar-refractivity contribution in [3.05, 3.63) is 29.6 Å². The summed E-state index contributed by atoms with van der Waals surface area (Å²) in [7, 11) is 0. The summed E-state index contributed by atoms with van der Waals surface area (Å²) in [5.74, 6) is 0. The predicted molar refractivity (Wildman–Crippen MR) is 69.3 cm³/mol. The molecule has 0 atom stereocenters. The molecule has 92 valence electrons. The van der Waals surface area contributed by atoms with E-state index < -0.39 is 0 Å². The van der Waals surface area contributed by atoms with Gasteiger partial charge in [0.2, 0.25) is 0 Å². The third kappa shape index (κ3) is 4.54. The van der Waals surface area contributed by atoms with Gasteiger partial charge in [0, 0.05) is 12.7 Å². The molecular weight excluding hydrogens is 210 g/mol. The molecule has 0 aliphatic rings. The Morgan fingerprint density at radius 3 is 2.88 bits per heavy atom. The Balaban J connectivity index is 2.39. The molecule has 1 N–H and O–H groups in total. The summed E-state index contributed by atoms with van der Waals surface area (Å²) >= 11 is 0. The first-order valence-corrected chi connectivity index (χ1v) is 6.14. The van der Waals surface area contributed by atoms with E-state index in [9.17, 15) is 0 Å². The van der Waals surface area contributed by atoms with E-state index >= 15 is 0 Å². The van der Waals surface area contributed by atoms with Gasteiger partial charge in [-0.25, -0.2) is 0 Å². The van der Waals surface area contributed by atoms with Crippen LogP contribution in [-0.2, 0) is 13.0 Å². The Kier molecular flexibility index (Phi) is 5.11. The number of nitrogens with zero attached hydrogens (tertiary/aromatic N) is 2. The van der Waals surface area contributed by atoms with E-state index in [4.69, 9.17) is 5.26 Å². The molecule has 0 aliphatic carbocycles. The summed E-state index contributed by atoms with van der Waals surface area (Å²) in [5, 5.41) is 12.3. The average Bonchev–Trinajstić information content (AvgIpc) is 2.35. The third-order valence-electron chi connectivity index (χ3n) is 2.89. The van der Waals surface area contributed by atoms with Gasteiger partial charge in [0.15, 0.2) is 0 Å². The third-order valence-corrected chi connectivity index (χ3v) is 2.89. The van der Waals surface area contributed by atoms with Crippen LogP contribution in [0, 0.1) is 16.7 Å².